The minimum Gasteiger partial charge on any atom is -0.337 e. The van der Waals surface area contributed by atoms with Crippen molar-refractivity contribution in [2.45, 2.75) is 6.92 Å². The van der Waals surface area contributed by atoms with E-state index in [4.69, 9.17) is 16.9 Å². The normalized spacial score (nSPS) is 11.2. The van der Waals surface area contributed by atoms with Gasteiger partial charge in [-0.2, -0.15) is 5.26 Å². The van der Waals surface area contributed by atoms with E-state index in [1.54, 1.807) is 6.92 Å². The van der Waals surface area contributed by atoms with Gasteiger partial charge in [-0.1, -0.05) is 11.6 Å². The number of carbonyl (C=O) groups is 1. The van der Waals surface area contributed by atoms with Crippen molar-refractivity contribution in [1.82, 2.24) is 5.32 Å². The number of carbonyl (C=O) groups excluding carboxylic acids is 1. The highest BCUT2D eigenvalue weighted by molar-refractivity contribution is 6.33. The number of non-ortho nitro benzene ring substituents is 1. The molecule has 0 saturated carbocycles. The number of amides is 2. The Kier molecular flexibility index (Phi) is 5.09. The van der Waals surface area contributed by atoms with Crippen LogP contribution in [0.2, 0.25) is 5.02 Å². The number of nitriles is 1. The number of anilines is 1. The van der Waals surface area contributed by atoms with Crippen LogP contribution in [0.1, 0.15) is 6.92 Å². The second kappa shape index (κ2) is 6.56. The van der Waals surface area contributed by atoms with E-state index in [0.29, 0.717) is 0 Å². The van der Waals surface area contributed by atoms with E-state index in [1.807, 2.05) is 6.07 Å². The van der Waals surface area contributed by atoms with E-state index in [-0.39, 0.29) is 28.9 Å². The molecule has 0 heterocycles. The third-order valence-electron chi connectivity index (χ3n) is 2.20. The Hall–Kier alpha value is -2.33. The molecule has 19 heavy (non-hydrogen) atoms. The molecule has 0 fully saturated rings. The minimum absolute atomic E-state index is 0.0673. The van der Waals surface area contributed by atoms with Gasteiger partial charge in [0.25, 0.3) is 5.69 Å². The van der Waals surface area contributed by atoms with Gasteiger partial charge in [-0.05, 0) is 13.0 Å². The molecule has 0 aliphatic rings. The summed E-state index contributed by atoms with van der Waals surface area (Å²) in [5.74, 6) is -0.307. The van der Waals surface area contributed by atoms with Gasteiger partial charge in [0.15, 0.2) is 0 Å². The van der Waals surface area contributed by atoms with Crippen LogP contribution in [0.25, 0.3) is 0 Å². The maximum Gasteiger partial charge on any atom is 0.319 e. The van der Waals surface area contributed by atoms with E-state index in [9.17, 15) is 14.9 Å². The van der Waals surface area contributed by atoms with Crippen LogP contribution in [0.4, 0.5) is 16.2 Å². The Morgan fingerprint density at radius 2 is 2.32 bits per heavy atom. The van der Waals surface area contributed by atoms with Crippen LogP contribution in [0.5, 0.6) is 0 Å². The Morgan fingerprint density at radius 1 is 1.63 bits per heavy atom. The average Bonchev–Trinajstić information content (AvgIpc) is 2.38. The summed E-state index contributed by atoms with van der Waals surface area (Å²) in [6, 6.07) is 5.17. The van der Waals surface area contributed by atoms with Gasteiger partial charge in [-0.3, -0.25) is 10.1 Å². The lowest BCUT2D eigenvalue weighted by atomic mass is 10.2. The van der Waals surface area contributed by atoms with E-state index in [2.05, 4.69) is 10.6 Å². The summed E-state index contributed by atoms with van der Waals surface area (Å²) in [5, 5.41) is 24.1. The van der Waals surface area contributed by atoms with Crippen LogP contribution < -0.4 is 10.6 Å². The molecular formula is C11H11ClN4O3. The summed E-state index contributed by atoms with van der Waals surface area (Å²) in [6.07, 6.45) is 0. The second-order valence-electron chi connectivity index (χ2n) is 3.79. The molecule has 0 spiro atoms. The lowest BCUT2D eigenvalue weighted by Gasteiger charge is -2.09. The zero-order chi connectivity index (χ0) is 14.4. The number of halogens is 1. The van der Waals surface area contributed by atoms with E-state index in [0.717, 1.165) is 6.07 Å². The molecule has 0 unspecified atom stereocenters. The molecule has 8 heteroatoms. The molecule has 0 aliphatic heterocycles. The van der Waals surface area contributed by atoms with Crippen molar-refractivity contribution in [3.8, 4) is 6.07 Å². The molecular weight excluding hydrogens is 272 g/mol. The zero-order valence-corrected chi connectivity index (χ0v) is 10.8. The van der Waals surface area contributed by atoms with Crippen LogP contribution in [0.3, 0.4) is 0 Å². The van der Waals surface area contributed by atoms with Crippen LogP contribution in [-0.2, 0) is 0 Å². The number of hydrogen-bond donors (Lipinski definition) is 2. The predicted octanol–water partition coefficient (Wildman–Crippen LogP) is 2.53. The standard InChI is InChI=1S/C11H11ClN4O3/c1-7(5-13)6-14-11(17)15-10-3-2-8(16(18)19)4-9(10)12/h2-4,7H,6H2,1H3,(H2,14,15,17)/t7-/m0/s1. The van der Waals surface area contributed by atoms with Crippen molar-refractivity contribution in [3.63, 3.8) is 0 Å². The highest BCUT2D eigenvalue weighted by atomic mass is 35.5. The van der Waals surface area contributed by atoms with Gasteiger partial charge in [0.2, 0.25) is 0 Å². The molecule has 1 atom stereocenters. The summed E-state index contributed by atoms with van der Waals surface area (Å²) >= 11 is 5.81. The SMILES string of the molecule is C[C@@H](C#N)CNC(=O)Nc1ccc([N+](=O)[O-])cc1Cl. The first-order valence-electron chi connectivity index (χ1n) is 5.32. The van der Waals surface area contributed by atoms with Crippen molar-refractivity contribution in [2.75, 3.05) is 11.9 Å². The lowest BCUT2D eigenvalue weighted by Crippen LogP contribution is -2.32. The van der Waals surface area contributed by atoms with Crippen LogP contribution in [0.15, 0.2) is 18.2 Å². The Balaban J connectivity index is 2.65. The van der Waals surface area contributed by atoms with Gasteiger partial charge >= 0.3 is 6.03 Å². The van der Waals surface area contributed by atoms with Crippen molar-refractivity contribution in [1.29, 1.82) is 5.26 Å². The van der Waals surface area contributed by atoms with Crippen LogP contribution >= 0.6 is 11.6 Å². The number of nitro benzene ring substituents is 1. The first-order valence-corrected chi connectivity index (χ1v) is 5.70. The van der Waals surface area contributed by atoms with E-state index < -0.39 is 11.0 Å². The van der Waals surface area contributed by atoms with Gasteiger partial charge in [0, 0.05) is 18.7 Å². The Morgan fingerprint density at radius 3 is 2.84 bits per heavy atom. The molecule has 0 aromatic heterocycles. The number of nitrogens with one attached hydrogen (secondary N) is 2. The predicted molar refractivity (Wildman–Crippen MR) is 69.9 cm³/mol. The molecule has 0 radical (unpaired) electrons. The van der Waals surface area contributed by atoms with Crippen molar-refractivity contribution < 1.29 is 9.72 Å². The summed E-state index contributed by atoms with van der Waals surface area (Å²) in [7, 11) is 0. The average molecular weight is 283 g/mol. The van der Waals surface area contributed by atoms with Gasteiger partial charge < -0.3 is 10.6 Å². The lowest BCUT2D eigenvalue weighted by molar-refractivity contribution is -0.384. The number of rotatable bonds is 4. The molecule has 2 N–H and O–H groups in total. The Labute approximate surface area is 114 Å². The fraction of sp³-hybridized carbons (Fsp3) is 0.273. The van der Waals surface area contributed by atoms with Crippen LogP contribution in [-0.4, -0.2) is 17.5 Å². The largest absolute Gasteiger partial charge is 0.337 e. The molecule has 2 amide bonds. The fourth-order valence-corrected chi connectivity index (χ4v) is 1.40. The van der Waals surface area contributed by atoms with E-state index in [1.165, 1.54) is 12.1 Å². The van der Waals surface area contributed by atoms with Crippen molar-refractivity contribution in [2.24, 2.45) is 5.92 Å². The first-order chi connectivity index (χ1) is 8.93. The summed E-state index contributed by atoms with van der Waals surface area (Å²) in [5.41, 5.74) is 0.100. The number of hydrogen-bond acceptors (Lipinski definition) is 4. The number of urea groups is 1. The maximum atomic E-state index is 11.5. The zero-order valence-electron chi connectivity index (χ0n) is 10.0. The smallest absolute Gasteiger partial charge is 0.319 e. The Bertz CT molecular complexity index is 541. The topological polar surface area (TPSA) is 108 Å². The van der Waals surface area contributed by atoms with Gasteiger partial charge in [0.1, 0.15) is 0 Å². The molecule has 0 saturated heterocycles. The number of benzene rings is 1. The highest BCUT2D eigenvalue weighted by Gasteiger charge is 2.11. The van der Waals surface area contributed by atoms with E-state index >= 15 is 0 Å². The third-order valence-corrected chi connectivity index (χ3v) is 2.51. The van der Waals surface area contributed by atoms with Crippen LogP contribution in [0, 0.1) is 27.4 Å². The van der Waals surface area contributed by atoms with Gasteiger partial charge in [-0.25, -0.2) is 4.79 Å². The molecule has 100 valence electrons. The molecule has 0 aliphatic carbocycles. The molecule has 0 bridgehead atoms. The monoisotopic (exact) mass is 282 g/mol. The molecule has 7 nitrogen and oxygen atoms in total. The maximum absolute atomic E-state index is 11.5. The molecule has 1 rings (SSSR count). The summed E-state index contributed by atoms with van der Waals surface area (Å²) in [6.45, 7) is 1.87. The fourth-order valence-electron chi connectivity index (χ4n) is 1.18. The van der Waals surface area contributed by atoms with Crippen molar-refractivity contribution >= 4 is 29.0 Å². The summed E-state index contributed by atoms with van der Waals surface area (Å²) in [4.78, 5) is 21.4. The molecule has 1 aromatic rings. The second-order valence-corrected chi connectivity index (χ2v) is 4.19. The first kappa shape index (κ1) is 14.7. The summed E-state index contributed by atoms with van der Waals surface area (Å²) < 4.78 is 0. The highest BCUT2D eigenvalue weighted by Crippen LogP contribution is 2.26. The third kappa shape index (κ3) is 4.44. The van der Waals surface area contributed by atoms with Gasteiger partial charge in [0.05, 0.1) is 27.6 Å². The minimum atomic E-state index is -0.579. The number of nitro groups is 1. The van der Waals surface area contributed by atoms with Crippen molar-refractivity contribution in [3.05, 3.63) is 33.3 Å². The quantitative estimate of drug-likeness (QED) is 0.653. The van der Waals surface area contributed by atoms with Gasteiger partial charge in [-0.15, -0.1) is 0 Å². The number of nitrogens with zero attached hydrogens (tertiary/aromatic N) is 2. The molecule has 1 aromatic carbocycles.